The van der Waals surface area contributed by atoms with Crippen molar-refractivity contribution in [3.63, 3.8) is 0 Å². The number of hydrogen-bond acceptors (Lipinski definition) is 4. The Hall–Kier alpha value is -0.570. The Morgan fingerprint density at radius 2 is 2.25 bits per heavy atom. The number of unbranched alkanes of at least 4 members (excludes halogenated alkanes) is 1. The molecule has 0 aliphatic heterocycles. The van der Waals surface area contributed by atoms with Gasteiger partial charge in [0.1, 0.15) is 0 Å². The highest BCUT2D eigenvalue weighted by Crippen LogP contribution is 2.03. The lowest BCUT2D eigenvalue weighted by Crippen LogP contribution is -2.16. The Labute approximate surface area is 72.7 Å². The third kappa shape index (κ3) is 7.54. The van der Waals surface area contributed by atoms with E-state index < -0.39 is 16.4 Å². The van der Waals surface area contributed by atoms with Gasteiger partial charge in [0.25, 0.3) is 10.1 Å². The second-order valence-electron chi connectivity index (χ2n) is 2.35. The van der Waals surface area contributed by atoms with Crippen molar-refractivity contribution in [1.29, 1.82) is 0 Å². The van der Waals surface area contributed by atoms with E-state index in [-0.39, 0.29) is 6.42 Å². The van der Waals surface area contributed by atoms with Crippen LogP contribution in [0.15, 0.2) is 0 Å². The first-order valence-corrected chi connectivity index (χ1v) is 5.27. The van der Waals surface area contributed by atoms with Gasteiger partial charge in [0.2, 0.25) is 0 Å². The lowest BCUT2D eigenvalue weighted by molar-refractivity contribution is -0.0178. The van der Waals surface area contributed by atoms with Crippen LogP contribution in [0.1, 0.15) is 19.3 Å². The van der Waals surface area contributed by atoms with E-state index in [1.54, 1.807) is 0 Å². The number of aliphatic hydroxyl groups excluding tert-OH is 1. The third-order valence-corrected chi connectivity index (χ3v) is 1.63. The monoisotopic (exact) mass is 192 g/mol. The number of aliphatic hydroxyl groups is 1. The summed E-state index contributed by atoms with van der Waals surface area (Å²) >= 11 is 0. The third-order valence-electron chi connectivity index (χ3n) is 1.06. The van der Waals surface area contributed by atoms with Gasteiger partial charge in [-0.2, -0.15) is 8.42 Å². The van der Waals surface area contributed by atoms with Crippen molar-refractivity contribution in [1.82, 2.24) is 0 Å². The van der Waals surface area contributed by atoms with Crippen molar-refractivity contribution < 1.29 is 17.7 Å². The van der Waals surface area contributed by atoms with Crippen molar-refractivity contribution in [3.8, 4) is 12.3 Å². The van der Waals surface area contributed by atoms with Crippen molar-refractivity contribution in [3.05, 3.63) is 0 Å². The first kappa shape index (κ1) is 11.4. The molecule has 0 spiro atoms. The second kappa shape index (κ2) is 5.14. The average molecular weight is 192 g/mol. The molecule has 1 N–H and O–H groups in total. The van der Waals surface area contributed by atoms with Gasteiger partial charge in [-0.3, -0.25) is 0 Å². The van der Waals surface area contributed by atoms with Crippen LogP contribution in [0.5, 0.6) is 0 Å². The predicted molar refractivity (Wildman–Crippen MR) is 44.6 cm³/mol. The fourth-order valence-corrected chi connectivity index (χ4v) is 1.13. The molecular formula is C7H12O4S. The SMILES string of the molecule is C#CCCCC(O)OS(C)(=O)=O. The molecule has 0 aromatic heterocycles. The van der Waals surface area contributed by atoms with Crippen LogP contribution in [-0.4, -0.2) is 26.1 Å². The maximum Gasteiger partial charge on any atom is 0.266 e. The molecular weight excluding hydrogens is 180 g/mol. The second-order valence-corrected chi connectivity index (χ2v) is 3.95. The molecule has 0 radical (unpaired) electrons. The summed E-state index contributed by atoms with van der Waals surface area (Å²) < 4.78 is 25.1. The van der Waals surface area contributed by atoms with E-state index >= 15 is 0 Å². The molecule has 70 valence electrons. The van der Waals surface area contributed by atoms with Crippen LogP contribution in [0.2, 0.25) is 0 Å². The molecule has 0 aliphatic carbocycles. The average Bonchev–Trinajstić information content (AvgIpc) is 1.84. The van der Waals surface area contributed by atoms with Gasteiger partial charge in [0.05, 0.1) is 6.26 Å². The highest BCUT2D eigenvalue weighted by molar-refractivity contribution is 7.86. The smallest absolute Gasteiger partial charge is 0.266 e. The Morgan fingerprint density at radius 1 is 1.67 bits per heavy atom. The van der Waals surface area contributed by atoms with Gasteiger partial charge < -0.3 is 5.11 Å². The molecule has 0 saturated heterocycles. The summed E-state index contributed by atoms with van der Waals surface area (Å²) in [5, 5.41) is 8.94. The van der Waals surface area contributed by atoms with Crippen LogP contribution < -0.4 is 0 Å². The van der Waals surface area contributed by atoms with E-state index in [9.17, 15) is 8.42 Å². The van der Waals surface area contributed by atoms with Crippen molar-refractivity contribution in [2.45, 2.75) is 25.6 Å². The minimum Gasteiger partial charge on any atom is -0.367 e. The zero-order chi connectivity index (χ0) is 9.61. The molecule has 0 saturated carbocycles. The zero-order valence-corrected chi connectivity index (χ0v) is 7.67. The molecule has 5 heteroatoms. The van der Waals surface area contributed by atoms with Crippen LogP contribution in [0.3, 0.4) is 0 Å². The summed E-state index contributed by atoms with van der Waals surface area (Å²) in [5.41, 5.74) is 0. The Morgan fingerprint density at radius 3 is 2.67 bits per heavy atom. The van der Waals surface area contributed by atoms with E-state index in [1.807, 2.05) is 0 Å². The molecule has 0 aromatic rings. The number of hydrogen-bond donors (Lipinski definition) is 1. The van der Waals surface area contributed by atoms with E-state index in [4.69, 9.17) is 11.5 Å². The molecule has 0 fully saturated rings. The molecule has 1 unspecified atom stereocenters. The molecule has 4 nitrogen and oxygen atoms in total. The van der Waals surface area contributed by atoms with E-state index in [0.717, 1.165) is 6.26 Å². The van der Waals surface area contributed by atoms with Gasteiger partial charge >= 0.3 is 0 Å². The Bertz CT molecular complexity index is 249. The lowest BCUT2D eigenvalue weighted by atomic mass is 10.2. The van der Waals surface area contributed by atoms with Gasteiger partial charge in [0, 0.05) is 12.8 Å². The van der Waals surface area contributed by atoms with Crippen molar-refractivity contribution in [2.75, 3.05) is 6.26 Å². The van der Waals surface area contributed by atoms with Crippen molar-refractivity contribution >= 4 is 10.1 Å². The molecule has 0 amide bonds. The molecule has 0 heterocycles. The van der Waals surface area contributed by atoms with Crippen molar-refractivity contribution in [2.24, 2.45) is 0 Å². The van der Waals surface area contributed by atoms with Crippen LogP contribution in [0.4, 0.5) is 0 Å². The Balaban J connectivity index is 3.62. The van der Waals surface area contributed by atoms with Crippen LogP contribution in [0.25, 0.3) is 0 Å². The maximum atomic E-state index is 10.5. The summed E-state index contributed by atoms with van der Waals surface area (Å²) in [7, 11) is -3.56. The van der Waals surface area contributed by atoms with Gasteiger partial charge in [-0.1, -0.05) is 0 Å². The van der Waals surface area contributed by atoms with Crippen LogP contribution in [0, 0.1) is 12.3 Å². The van der Waals surface area contributed by atoms with E-state index in [0.29, 0.717) is 12.8 Å². The molecule has 0 aliphatic rings. The topological polar surface area (TPSA) is 63.6 Å². The van der Waals surface area contributed by atoms with Crippen LogP contribution in [-0.2, 0) is 14.3 Å². The van der Waals surface area contributed by atoms with Gasteiger partial charge in [-0.15, -0.1) is 12.3 Å². The van der Waals surface area contributed by atoms with Gasteiger partial charge in [-0.05, 0) is 6.42 Å². The molecule has 12 heavy (non-hydrogen) atoms. The van der Waals surface area contributed by atoms with E-state index in [1.165, 1.54) is 0 Å². The summed E-state index contributed by atoms with van der Waals surface area (Å²) in [6.45, 7) is 0. The summed E-state index contributed by atoms with van der Waals surface area (Å²) in [6, 6.07) is 0. The normalized spacial score (nSPS) is 13.8. The molecule has 0 aromatic carbocycles. The van der Waals surface area contributed by atoms with Gasteiger partial charge in [0.15, 0.2) is 6.29 Å². The highest BCUT2D eigenvalue weighted by Gasteiger charge is 2.10. The number of terminal acetylenes is 1. The molecule has 1 atom stereocenters. The van der Waals surface area contributed by atoms with Gasteiger partial charge in [-0.25, -0.2) is 4.18 Å². The lowest BCUT2D eigenvalue weighted by Gasteiger charge is -2.07. The largest absolute Gasteiger partial charge is 0.367 e. The quantitative estimate of drug-likeness (QED) is 0.290. The summed E-state index contributed by atoms with van der Waals surface area (Å²) in [4.78, 5) is 0. The molecule has 0 bridgehead atoms. The standard InChI is InChI=1S/C7H12O4S/c1-3-4-5-6-7(8)11-12(2,9)10/h1,7-8H,4-6H2,2H3. The van der Waals surface area contributed by atoms with Crippen LogP contribution >= 0.6 is 0 Å². The minimum atomic E-state index is -3.56. The minimum absolute atomic E-state index is 0.233. The fourth-order valence-electron chi connectivity index (χ4n) is 0.629. The summed E-state index contributed by atoms with van der Waals surface area (Å²) in [6.07, 6.45) is 5.85. The highest BCUT2D eigenvalue weighted by atomic mass is 32.2. The zero-order valence-electron chi connectivity index (χ0n) is 6.86. The summed E-state index contributed by atoms with van der Waals surface area (Å²) in [5.74, 6) is 2.37. The van der Waals surface area contributed by atoms with E-state index in [2.05, 4.69) is 10.1 Å². The molecule has 0 rings (SSSR count). The Kier molecular flexibility index (Phi) is 4.90. The first-order chi connectivity index (χ1) is 5.45. The number of rotatable bonds is 5. The maximum absolute atomic E-state index is 10.5. The predicted octanol–water partition coefficient (Wildman–Crippen LogP) is 0.0845. The fraction of sp³-hybridized carbons (Fsp3) is 0.714. The first-order valence-electron chi connectivity index (χ1n) is 3.45.